The Morgan fingerprint density at radius 2 is 1.78 bits per heavy atom. The van der Waals surface area contributed by atoms with E-state index in [2.05, 4.69) is 14.9 Å². The van der Waals surface area contributed by atoms with Crippen molar-refractivity contribution in [1.82, 2.24) is 14.9 Å². The third-order valence-electron chi connectivity index (χ3n) is 5.00. The minimum absolute atomic E-state index is 0.136. The van der Waals surface area contributed by atoms with Gasteiger partial charge in [-0.25, -0.2) is 14.4 Å². The van der Waals surface area contributed by atoms with Gasteiger partial charge in [-0.2, -0.15) is 0 Å². The van der Waals surface area contributed by atoms with Crippen LogP contribution in [-0.2, 0) is 11.2 Å². The fourth-order valence-electron chi connectivity index (χ4n) is 3.45. The van der Waals surface area contributed by atoms with E-state index in [9.17, 15) is 9.18 Å². The highest BCUT2D eigenvalue weighted by Crippen LogP contribution is 2.25. The lowest BCUT2D eigenvalue weighted by atomic mass is 10.1. The SMILES string of the molecule is Cc1ccc(CC(=O)N2CCN(c3ncnc4c(F)cccc34)CC2)cc1. The Hall–Kier alpha value is -3.02. The number of hydrogen-bond donors (Lipinski definition) is 0. The van der Waals surface area contributed by atoms with E-state index in [0.29, 0.717) is 43.5 Å². The molecule has 0 N–H and O–H groups in total. The highest BCUT2D eigenvalue weighted by Gasteiger charge is 2.23. The number of rotatable bonds is 3. The van der Waals surface area contributed by atoms with Crippen LogP contribution in [0.25, 0.3) is 10.9 Å². The summed E-state index contributed by atoms with van der Waals surface area (Å²) in [5.74, 6) is 0.519. The fraction of sp³-hybridized carbons (Fsp3) is 0.286. The molecule has 1 aromatic heterocycles. The summed E-state index contributed by atoms with van der Waals surface area (Å²) in [6.45, 7) is 4.63. The molecule has 0 radical (unpaired) electrons. The van der Waals surface area contributed by atoms with Crippen LogP contribution in [0.2, 0.25) is 0 Å². The molecule has 6 heteroatoms. The smallest absolute Gasteiger partial charge is 0.227 e. The zero-order chi connectivity index (χ0) is 18.8. The Kier molecular flexibility index (Phi) is 4.71. The number of carbonyl (C=O) groups is 1. The summed E-state index contributed by atoms with van der Waals surface area (Å²) in [6, 6.07) is 13.0. The minimum Gasteiger partial charge on any atom is -0.352 e. The molecule has 1 amide bonds. The molecule has 0 bridgehead atoms. The highest BCUT2D eigenvalue weighted by atomic mass is 19.1. The lowest BCUT2D eigenvalue weighted by Crippen LogP contribution is -2.49. The van der Waals surface area contributed by atoms with Crippen molar-refractivity contribution in [1.29, 1.82) is 0 Å². The van der Waals surface area contributed by atoms with Gasteiger partial charge in [0.05, 0.1) is 6.42 Å². The number of carbonyl (C=O) groups excluding carboxylic acids is 1. The van der Waals surface area contributed by atoms with E-state index in [1.54, 1.807) is 6.07 Å². The van der Waals surface area contributed by atoms with Crippen molar-refractivity contribution in [3.63, 3.8) is 0 Å². The van der Waals surface area contributed by atoms with Gasteiger partial charge in [0.1, 0.15) is 23.5 Å². The number of aryl methyl sites for hydroxylation is 1. The van der Waals surface area contributed by atoms with E-state index in [0.717, 1.165) is 11.4 Å². The lowest BCUT2D eigenvalue weighted by molar-refractivity contribution is -0.130. The van der Waals surface area contributed by atoms with Gasteiger partial charge in [-0.3, -0.25) is 4.79 Å². The molecule has 0 unspecified atom stereocenters. The van der Waals surface area contributed by atoms with Crippen molar-refractivity contribution in [3.05, 3.63) is 65.7 Å². The Balaban J connectivity index is 1.44. The van der Waals surface area contributed by atoms with Gasteiger partial charge in [-0.05, 0) is 24.6 Å². The molecule has 3 aromatic rings. The molecule has 5 nitrogen and oxygen atoms in total. The number of piperazine rings is 1. The normalized spacial score (nSPS) is 14.6. The molecule has 4 rings (SSSR count). The lowest BCUT2D eigenvalue weighted by Gasteiger charge is -2.35. The van der Waals surface area contributed by atoms with E-state index in [1.807, 2.05) is 42.2 Å². The minimum atomic E-state index is -0.344. The fourth-order valence-corrected chi connectivity index (χ4v) is 3.45. The van der Waals surface area contributed by atoms with Crippen molar-refractivity contribution in [2.45, 2.75) is 13.3 Å². The summed E-state index contributed by atoms with van der Waals surface area (Å²) >= 11 is 0. The summed E-state index contributed by atoms with van der Waals surface area (Å²) in [7, 11) is 0. The van der Waals surface area contributed by atoms with Crippen molar-refractivity contribution in [2.75, 3.05) is 31.1 Å². The van der Waals surface area contributed by atoms with Gasteiger partial charge in [-0.1, -0.05) is 35.9 Å². The largest absolute Gasteiger partial charge is 0.352 e. The maximum absolute atomic E-state index is 14.0. The topological polar surface area (TPSA) is 49.3 Å². The van der Waals surface area contributed by atoms with Gasteiger partial charge in [-0.15, -0.1) is 0 Å². The molecule has 1 saturated heterocycles. The van der Waals surface area contributed by atoms with Gasteiger partial charge in [0.2, 0.25) is 5.91 Å². The third kappa shape index (κ3) is 3.60. The standard InChI is InChI=1S/C21H21FN4O/c1-15-5-7-16(8-6-15)13-19(27)25-9-11-26(12-10-25)21-17-3-2-4-18(22)20(17)23-14-24-21/h2-8,14H,9-13H2,1H3. The molecule has 0 saturated carbocycles. The van der Waals surface area contributed by atoms with Crippen molar-refractivity contribution < 1.29 is 9.18 Å². The summed E-state index contributed by atoms with van der Waals surface area (Å²) in [4.78, 5) is 25.0. The van der Waals surface area contributed by atoms with Crippen molar-refractivity contribution in [3.8, 4) is 0 Å². The Bertz CT molecular complexity index is 966. The Labute approximate surface area is 157 Å². The van der Waals surface area contributed by atoms with Crippen LogP contribution in [0.15, 0.2) is 48.8 Å². The number of aromatic nitrogens is 2. The average Bonchev–Trinajstić information content (AvgIpc) is 2.70. The quantitative estimate of drug-likeness (QED) is 0.717. The van der Waals surface area contributed by atoms with Gasteiger partial charge in [0.25, 0.3) is 0 Å². The first kappa shape index (κ1) is 17.4. The van der Waals surface area contributed by atoms with E-state index in [-0.39, 0.29) is 11.7 Å². The van der Waals surface area contributed by atoms with Crippen LogP contribution in [0, 0.1) is 12.7 Å². The van der Waals surface area contributed by atoms with E-state index < -0.39 is 0 Å². The summed E-state index contributed by atoms with van der Waals surface area (Å²) in [6.07, 6.45) is 1.82. The van der Waals surface area contributed by atoms with Crippen LogP contribution in [0.4, 0.5) is 10.2 Å². The second-order valence-electron chi connectivity index (χ2n) is 6.86. The van der Waals surface area contributed by atoms with Crippen LogP contribution in [0.3, 0.4) is 0 Å². The number of fused-ring (bicyclic) bond motifs is 1. The molecule has 27 heavy (non-hydrogen) atoms. The summed E-state index contributed by atoms with van der Waals surface area (Å²) in [5.41, 5.74) is 2.55. The first-order chi connectivity index (χ1) is 13.1. The highest BCUT2D eigenvalue weighted by molar-refractivity contribution is 5.89. The van der Waals surface area contributed by atoms with E-state index >= 15 is 0 Å². The zero-order valence-electron chi connectivity index (χ0n) is 15.2. The van der Waals surface area contributed by atoms with Crippen LogP contribution in [0.1, 0.15) is 11.1 Å². The predicted octanol–water partition coefficient (Wildman–Crippen LogP) is 2.97. The first-order valence-corrected chi connectivity index (χ1v) is 9.09. The summed E-state index contributed by atoms with van der Waals surface area (Å²) in [5, 5.41) is 0.705. The Morgan fingerprint density at radius 1 is 1.04 bits per heavy atom. The molecular weight excluding hydrogens is 343 g/mol. The van der Waals surface area contributed by atoms with Crippen molar-refractivity contribution >= 4 is 22.6 Å². The van der Waals surface area contributed by atoms with Gasteiger partial charge < -0.3 is 9.80 Å². The van der Waals surface area contributed by atoms with Crippen molar-refractivity contribution in [2.24, 2.45) is 0 Å². The maximum atomic E-state index is 14.0. The van der Waals surface area contributed by atoms with Crippen LogP contribution >= 0.6 is 0 Å². The molecule has 138 valence electrons. The summed E-state index contributed by atoms with van der Waals surface area (Å²) < 4.78 is 14.0. The van der Waals surface area contributed by atoms with Crippen LogP contribution in [0.5, 0.6) is 0 Å². The molecular formula is C21H21FN4O. The van der Waals surface area contributed by atoms with Crippen LogP contribution in [-0.4, -0.2) is 47.0 Å². The second kappa shape index (κ2) is 7.31. The van der Waals surface area contributed by atoms with Crippen LogP contribution < -0.4 is 4.90 Å². The molecule has 2 heterocycles. The Morgan fingerprint density at radius 3 is 2.52 bits per heavy atom. The number of nitrogens with zero attached hydrogens (tertiary/aromatic N) is 4. The first-order valence-electron chi connectivity index (χ1n) is 9.09. The number of amides is 1. The van der Waals surface area contributed by atoms with E-state index in [1.165, 1.54) is 18.0 Å². The molecule has 1 aliphatic heterocycles. The molecule has 0 atom stereocenters. The molecule has 2 aromatic carbocycles. The monoisotopic (exact) mass is 364 g/mol. The molecule has 1 aliphatic rings. The number of benzene rings is 2. The maximum Gasteiger partial charge on any atom is 0.227 e. The zero-order valence-corrected chi connectivity index (χ0v) is 15.2. The van der Waals surface area contributed by atoms with Gasteiger partial charge in [0, 0.05) is 31.6 Å². The second-order valence-corrected chi connectivity index (χ2v) is 6.86. The number of halogens is 1. The average molecular weight is 364 g/mol. The van der Waals surface area contributed by atoms with E-state index in [4.69, 9.17) is 0 Å². The van der Waals surface area contributed by atoms with Gasteiger partial charge >= 0.3 is 0 Å². The predicted molar refractivity (Wildman–Crippen MR) is 103 cm³/mol. The number of anilines is 1. The third-order valence-corrected chi connectivity index (χ3v) is 5.00. The molecule has 1 fully saturated rings. The molecule has 0 spiro atoms. The number of para-hydroxylation sites is 1. The number of hydrogen-bond acceptors (Lipinski definition) is 4. The molecule has 0 aliphatic carbocycles. The van der Waals surface area contributed by atoms with Gasteiger partial charge in [0.15, 0.2) is 0 Å².